The third kappa shape index (κ3) is 2.26. The molecule has 0 aliphatic heterocycles. The van der Waals surface area contributed by atoms with E-state index in [1.54, 1.807) is 0 Å². The minimum absolute atomic E-state index is 0.776. The van der Waals surface area contributed by atoms with Gasteiger partial charge < -0.3 is 0 Å². The van der Waals surface area contributed by atoms with E-state index in [0.717, 1.165) is 36.8 Å². The van der Waals surface area contributed by atoms with Crippen LogP contribution in [-0.2, 0) is 0 Å². The van der Waals surface area contributed by atoms with Crippen LogP contribution in [-0.4, -0.2) is 25.5 Å². The molecule has 0 radical (unpaired) electrons. The summed E-state index contributed by atoms with van der Waals surface area (Å²) in [5.74, 6) is 3.21. The van der Waals surface area contributed by atoms with Crippen molar-refractivity contribution < 1.29 is 0 Å². The van der Waals surface area contributed by atoms with Crippen LogP contribution < -0.4 is 0 Å². The molecule has 0 aromatic heterocycles. The van der Waals surface area contributed by atoms with E-state index in [2.05, 4.69) is 22.1 Å². The van der Waals surface area contributed by atoms with Crippen LogP contribution in [0.4, 0.5) is 0 Å². The highest BCUT2D eigenvalue weighted by molar-refractivity contribution is 5.53. The average molecular weight is 218 g/mol. The van der Waals surface area contributed by atoms with Crippen molar-refractivity contribution in [1.29, 1.82) is 0 Å². The van der Waals surface area contributed by atoms with E-state index >= 15 is 0 Å². The van der Waals surface area contributed by atoms with Gasteiger partial charge in [-0.25, -0.2) is 0 Å². The molecule has 4 atom stereocenters. The number of fused-ring (bicyclic) bond motifs is 2. The SMILES string of the molecule is CC=NCCC1C2C=CC(C2)C1CN=CC. The minimum atomic E-state index is 0.776. The van der Waals surface area contributed by atoms with Gasteiger partial charge in [0.1, 0.15) is 0 Å². The zero-order chi connectivity index (χ0) is 11.4. The molecular weight excluding hydrogens is 196 g/mol. The zero-order valence-electron chi connectivity index (χ0n) is 10.3. The van der Waals surface area contributed by atoms with E-state index in [1.165, 1.54) is 12.8 Å². The summed E-state index contributed by atoms with van der Waals surface area (Å²) in [6.07, 6.45) is 11.3. The molecular formula is C14H22N2. The predicted octanol–water partition coefficient (Wildman–Crippen LogP) is 3.00. The predicted molar refractivity (Wildman–Crippen MR) is 70.4 cm³/mol. The highest BCUT2D eigenvalue weighted by atomic mass is 14.7. The first kappa shape index (κ1) is 11.6. The van der Waals surface area contributed by atoms with Gasteiger partial charge in [0.15, 0.2) is 0 Å². The Hall–Kier alpha value is -0.920. The molecule has 0 heterocycles. The van der Waals surface area contributed by atoms with Gasteiger partial charge in [0.25, 0.3) is 0 Å². The molecule has 2 aliphatic rings. The molecule has 2 aliphatic carbocycles. The monoisotopic (exact) mass is 218 g/mol. The number of hydrogen-bond acceptors (Lipinski definition) is 2. The topological polar surface area (TPSA) is 24.7 Å². The lowest BCUT2D eigenvalue weighted by Crippen LogP contribution is -2.23. The van der Waals surface area contributed by atoms with E-state index in [1.807, 2.05) is 26.3 Å². The van der Waals surface area contributed by atoms with Crippen molar-refractivity contribution in [2.75, 3.05) is 13.1 Å². The van der Waals surface area contributed by atoms with Crippen LogP contribution in [0, 0.1) is 23.7 Å². The number of rotatable bonds is 5. The van der Waals surface area contributed by atoms with Crippen LogP contribution in [0.5, 0.6) is 0 Å². The van der Waals surface area contributed by atoms with Gasteiger partial charge in [0.05, 0.1) is 0 Å². The number of nitrogens with zero attached hydrogens (tertiary/aromatic N) is 2. The average Bonchev–Trinajstić information content (AvgIpc) is 2.88. The lowest BCUT2D eigenvalue weighted by atomic mass is 9.81. The van der Waals surface area contributed by atoms with Crippen molar-refractivity contribution in [3.63, 3.8) is 0 Å². The fourth-order valence-electron chi connectivity index (χ4n) is 3.31. The summed E-state index contributed by atoms with van der Waals surface area (Å²) in [6, 6.07) is 0. The first-order valence-corrected chi connectivity index (χ1v) is 6.44. The molecule has 1 saturated carbocycles. The molecule has 0 N–H and O–H groups in total. The van der Waals surface area contributed by atoms with E-state index < -0.39 is 0 Å². The van der Waals surface area contributed by atoms with Gasteiger partial charge in [0, 0.05) is 13.1 Å². The first-order valence-electron chi connectivity index (χ1n) is 6.44. The molecule has 0 aromatic rings. The van der Waals surface area contributed by atoms with Crippen molar-refractivity contribution >= 4 is 12.4 Å². The van der Waals surface area contributed by atoms with E-state index in [4.69, 9.17) is 0 Å². The Bertz CT molecular complexity index is 304. The summed E-state index contributed by atoms with van der Waals surface area (Å²) in [4.78, 5) is 8.80. The van der Waals surface area contributed by atoms with Crippen LogP contribution in [0.1, 0.15) is 26.7 Å². The molecule has 16 heavy (non-hydrogen) atoms. The maximum Gasteiger partial charge on any atom is 0.0422 e. The fraction of sp³-hybridized carbons (Fsp3) is 0.714. The molecule has 2 bridgehead atoms. The van der Waals surface area contributed by atoms with E-state index in [9.17, 15) is 0 Å². The van der Waals surface area contributed by atoms with Crippen LogP contribution in [0.15, 0.2) is 22.1 Å². The molecule has 2 heteroatoms. The van der Waals surface area contributed by atoms with Crippen LogP contribution in [0.2, 0.25) is 0 Å². The normalized spacial score (nSPS) is 37.1. The summed E-state index contributed by atoms with van der Waals surface area (Å²) in [5.41, 5.74) is 0. The van der Waals surface area contributed by atoms with Crippen molar-refractivity contribution in [3.8, 4) is 0 Å². The molecule has 0 aromatic carbocycles. The Kier molecular flexibility index (Phi) is 3.92. The van der Waals surface area contributed by atoms with Gasteiger partial charge in [-0.2, -0.15) is 0 Å². The molecule has 1 fully saturated rings. The maximum absolute atomic E-state index is 4.45. The summed E-state index contributed by atoms with van der Waals surface area (Å²) >= 11 is 0. The Labute approximate surface area is 98.6 Å². The van der Waals surface area contributed by atoms with Crippen LogP contribution >= 0.6 is 0 Å². The van der Waals surface area contributed by atoms with Gasteiger partial charge in [0.2, 0.25) is 0 Å². The molecule has 0 amide bonds. The fourth-order valence-corrected chi connectivity index (χ4v) is 3.31. The third-order valence-electron chi connectivity index (χ3n) is 4.07. The number of allylic oxidation sites excluding steroid dienone is 2. The summed E-state index contributed by atoms with van der Waals surface area (Å²) in [7, 11) is 0. The van der Waals surface area contributed by atoms with Gasteiger partial charge in [-0.05, 0) is 62.8 Å². The number of aliphatic imine (C=N–C) groups is 2. The minimum Gasteiger partial charge on any atom is -0.298 e. The Morgan fingerprint density at radius 2 is 1.75 bits per heavy atom. The van der Waals surface area contributed by atoms with Crippen molar-refractivity contribution in [1.82, 2.24) is 0 Å². The molecule has 88 valence electrons. The number of hydrogen-bond donors (Lipinski definition) is 0. The largest absolute Gasteiger partial charge is 0.298 e. The quantitative estimate of drug-likeness (QED) is 0.500. The summed E-state index contributed by atoms with van der Waals surface area (Å²) in [6.45, 7) is 6.02. The molecule has 2 rings (SSSR count). The van der Waals surface area contributed by atoms with Crippen molar-refractivity contribution in [2.45, 2.75) is 26.7 Å². The Balaban J connectivity index is 1.95. The molecule has 2 nitrogen and oxygen atoms in total. The lowest BCUT2D eigenvalue weighted by molar-refractivity contribution is 0.303. The highest BCUT2D eigenvalue weighted by Gasteiger charge is 2.43. The van der Waals surface area contributed by atoms with Gasteiger partial charge in [-0.1, -0.05) is 12.2 Å². The summed E-state index contributed by atoms with van der Waals surface area (Å²) < 4.78 is 0. The Morgan fingerprint density at radius 3 is 2.44 bits per heavy atom. The van der Waals surface area contributed by atoms with Crippen LogP contribution in [0.3, 0.4) is 0 Å². The third-order valence-corrected chi connectivity index (χ3v) is 4.07. The second-order valence-corrected chi connectivity index (χ2v) is 4.85. The van der Waals surface area contributed by atoms with Gasteiger partial charge in [-0.3, -0.25) is 9.98 Å². The van der Waals surface area contributed by atoms with Gasteiger partial charge in [-0.15, -0.1) is 0 Å². The van der Waals surface area contributed by atoms with Crippen molar-refractivity contribution in [3.05, 3.63) is 12.2 Å². The second kappa shape index (κ2) is 5.42. The maximum atomic E-state index is 4.45. The zero-order valence-corrected chi connectivity index (χ0v) is 10.3. The van der Waals surface area contributed by atoms with Crippen LogP contribution in [0.25, 0.3) is 0 Å². The second-order valence-electron chi connectivity index (χ2n) is 4.85. The first-order chi connectivity index (χ1) is 7.86. The Morgan fingerprint density at radius 1 is 1.06 bits per heavy atom. The molecule has 0 spiro atoms. The van der Waals surface area contributed by atoms with Crippen molar-refractivity contribution in [2.24, 2.45) is 33.7 Å². The smallest absolute Gasteiger partial charge is 0.0422 e. The molecule has 0 saturated heterocycles. The lowest BCUT2D eigenvalue weighted by Gasteiger charge is -2.26. The highest BCUT2D eigenvalue weighted by Crippen LogP contribution is 2.49. The van der Waals surface area contributed by atoms with E-state index in [-0.39, 0.29) is 0 Å². The van der Waals surface area contributed by atoms with Gasteiger partial charge >= 0.3 is 0 Å². The summed E-state index contributed by atoms with van der Waals surface area (Å²) in [5, 5.41) is 0. The van der Waals surface area contributed by atoms with E-state index in [0.29, 0.717) is 0 Å². The standard InChI is InChI=1S/C14H22N2/c1-3-15-8-7-13-11-5-6-12(9-11)14(13)10-16-4-2/h3-6,11-14H,7-10H2,1-2H3. The molecule has 4 unspecified atom stereocenters.